The first-order valence-electron chi connectivity index (χ1n) is 7.32. The van der Waals surface area contributed by atoms with Gasteiger partial charge in [-0.25, -0.2) is 4.79 Å². The van der Waals surface area contributed by atoms with E-state index in [9.17, 15) is 14.7 Å². The van der Waals surface area contributed by atoms with E-state index in [1.165, 1.54) is 39.0 Å². The monoisotopic (exact) mass is 268 g/mol. The smallest absolute Gasteiger partial charge is 0.327 e. The number of carboxylic acids is 1. The highest BCUT2D eigenvalue weighted by atomic mass is 16.4. The van der Waals surface area contributed by atoms with Crippen LogP contribution in [0.1, 0.15) is 45.4 Å². The number of carbonyl (C=O) groups is 2. The Labute approximate surface area is 114 Å². The zero-order chi connectivity index (χ0) is 13.8. The van der Waals surface area contributed by atoms with Gasteiger partial charge in [0.1, 0.15) is 6.04 Å². The highest BCUT2D eigenvalue weighted by molar-refractivity contribution is 5.82. The van der Waals surface area contributed by atoms with Crippen LogP contribution in [0.2, 0.25) is 0 Å². The lowest BCUT2D eigenvalue weighted by Crippen LogP contribution is -2.54. The number of carboxylic acid groups (broad SMARTS) is 1. The number of nitrogens with zero attached hydrogens (tertiary/aromatic N) is 1. The van der Waals surface area contributed by atoms with E-state index in [2.05, 4.69) is 10.2 Å². The molecule has 3 atom stereocenters. The van der Waals surface area contributed by atoms with Gasteiger partial charge in [0.15, 0.2) is 0 Å². The molecule has 0 spiro atoms. The van der Waals surface area contributed by atoms with Crippen LogP contribution in [0, 0.1) is 5.92 Å². The van der Waals surface area contributed by atoms with Crippen molar-refractivity contribution in [3.05, 3.63) is 0 Å². The molecule has 1 heterocycles. The van der Waals surface area contributed by atoms with Gasteiger partial charge in [-0.05, 0) is 38.1 Å². The number of aliphatic carboxylic acids is 1. The van der Waals surface area contributed by atoms with E-state index in [1.807, 2.05) is 0 Å². The average Bonchev–Trinajstić information content (AvgIpc) is 2.37. The van der Waals surface area contributed by atoms with E-state index in [1.54, 1.807) is 0 Å². The summed E-state index contributed by atoms with van der Waals surface area (Å²) in [6.07, 6.45) is 7.43. The standard InChI is InChI=1S/C14H24N2O3/c1-10(17)15-12(14(18)19)9-16-8-4-6-11-5-2-3-7-13(11)16/h11-13H,2-9H2,1H3,(H,15,17)(H,18,19). The van der Waals surface area contributed by atoms with Crippen LogP contribution >= 0.6 is 0 Å². The van der Waals surface area contributed by atoms with Crippen LogP contribution in [0.4, 0.5) is 0 Å². The molecular formula is C14H24N2O3. The molecule has 5 heteroatoms. The Hall–Kier alpha value is -1.10. The molecule has 0 aromatic heterocycles. The van der Waals surface area contributed by atoms with Gasteiger partial charge in [-0.3, -0.25) is 9.69 Å². The quantitative estimate of drug-likeness (QED) is 0.804. The van der Waals surface area contributed by atoms with Gasteiger partial charge >= 0.3 is 5.97 Å². The Kier molecular flexibility index (Phi) is 4.80. The Bertz CT molecular complexity index is 344. The second kappa shape index (κ2) is 6.37. The molecule has 19 heavy (non-hydrogen) atoms. The van der Waals surface area contributed by atoms with E-state index < -0.39 is 12.0 Å². The molecule has 108 valence electrons. The average molecular weight is 268 g/mol. The summed E-state index contributed by atoms with van der Waals surface area (Å²) in [5, 5.41) is 11.7. The van der Waals surface area contributed by atoms with Gasteiger partial charge < -0.3 is 10.4 Å². The second-order valence-corrected chi connectivity index (χ2v) is 5.84. The largest absolute Gasteiger partial charge is 0.480 e. The number of nitrogens with one attached hydrogen (secondary N) is 1. The number of carbonyl (C=O) groups excluding carboxylic acids is 1. The molecule has 2 aliphatic rings. The third-order valence-corrected chi connectivity index (χ3v) is 4.45. The Morgan fingerprint density at radius 2 is 1.95 bits per heavy atom. The van der Waals surface area contributed by atoms with Gasteiger partial charge in [0.05, 0.1) is 0 Å². The molecule has 1 aliphatic carbocycles. The Morgan fingerprint density at radius 1 is 1.26 bits per heavy atom. The maximum absolute atomic E-state index is 11.2. The summed E-state index contributed by atoms with van der Waals surface area (Å²) in [6.45, 7) is 2.77. The Morgan fingerprint density at radius 3 is 2.63 bits per heavy atom. The van der Waals surface area contributed by atoms with Gasteiger partial charge in [-0.1, -0.05) is 12.8 Å². The number of rotatable bonds is 4. The van der Waals surface area contributed by atoms with Gasteiger partial charge in [0.25, 0.3) is 0 Å². The summed E-state index contributed by atoms with van der Waals surface area (Å²) in [5.41, 5.74) is 0. The van der Waals surface area contributed by atoms with Gasteiger partial charge in [0.2, 0.25) is 5.91 Å². The number of likely N-dealkylation sites (tertiary alicyclic amines) is 1. The van der Waals surface area contributed by atoms with Crippen molar-refractivity contribution in [2.24, 2.45) is 5.92 Å². The molecule has 1 saturated heterocycles. The molecule has 3 unspecified atom stereocenters. The van der Waals surface area contributed by atoms with E-state index in [4.69, 9.17) is 0 Å². The molecule has 0 aromatic carbocycles. The van der Waals surface area contributed by atoms with Gasteiger partial charge in [0, 0.05) is 19.5 Å². The van der Waals surface area contributed by atoms with E-state index in [-0.39, 0.29) is 5.91 Å². The summed E-state index contributed by atoms with van der Waals surface area (Å²) in [6, 6.07) is -0.253. The van der Waals surface area contributed by atoms with Crippen LogP contribution in [0.15, 0.2) is 0 Å². The zero-order valence-electron chi connectivity index (χ0n) is 11.6. The van der Waals surface area contributed by atoms with Gasteiger partial charge in [-0.2, -0.15) is 0 Å². The lowest BCUT2D eigenvalue weighted by atomic mass is 9.78. The number of hydrogen-bond donors (Lipinski definition) is 2. The van der Waals surface area contributed by atoms with E-state index in [0.29, 0.717) is 12.6 Å². The number of hydrogen-bond acceptors (Lipinski definition) is 3. The highest BCUT2D eigenvalue weighted by Crippen LogP contribution is 2.35. The SMILES string of the molecule is CC(=O)NC(CN1CCCC2CCCCC21)C(=O)O. The molecule has 1 saturated carbocycles. The molecule has 0 aromatic rings. The first kappa shape index (κ1) is 14.3. The van der Waals surface area contributed by atoms with E-state index >= 15 is 0 Å². The van der Waals surface area contributed by atoms with Crippen LogP contribution in [-0.4, -0.2) is 47.1 Å². The van der Waals surface area contributed by atoms with Crippen molar-refractivity contribution in [1.29, 1.82) is 0 Å². The molecule has 1 aliphatic heterocycles. The first-order valence-corrected chi connectivity index (χ1v) is 7.32. The summed E-state index contributed by atoms with van der Waals surface area (Å²) in [7, 11) is 0. The maximum Gasteiger partial charge on any atom is 0.327 e. The summed E-state index contributed by atoms with van der Waals surface area (Å²) in [4.78, 5) is 24.6. The first-order chi connectivity index (χ1) is 9.08. The Balaban J connectivity index is 1.98. The van der Waals surface area contributed by atoms with Crippen molar-refractivity contribution in [3.8, 4) is 0 Å². The lowest BCUT2D eigenvalue weighted by molar-refractivity contribution is -0.142. The third-order valence-electron chi connectivity index (χ3n) is 4.45. The number of fused-ring (bicyclic) bond motifs is 1. The van der Waals surface area contributed by atoms with Crippen LogP contribution in [-0.2, 0) is 9.59 Å². The molecule has 1 amide bonds. The van der Waals surface area contributed by atoms with Crippen LogP contribution in [0.5, 0.6) is 0 Å². The van der Waals surface area contributed by atoms with Crippen molar-refractivity contribution in [2.75, 3.05) is 13.1 Å². The summed E-state index contributed by atoms with van der Waals surface area (Å²) in [5.74, 6) is -0.480. The van der Waals surface area contributed by atoms with Crippen molar-refractivity contribution in [2.45, 2.75) is 57.5 Å². The number of amides is 1. The minimum absolute atomic E-state index is 0.274. The topological polar surface area (TPSA) is 69.6 Å². The fraction of sp³-hybridized carbons (Fsp3) is 0.857. The molecule has 2 fully saturated rings. The predicted octanol–water partition coefficient (Wildman–Crippen LogP) is 1.23. The minimum atomic E-state index is -0.937. The summed E-state index contributed by atoms with van der Waals surface area (Å²) < 4.78 is 0. The zero-order valence-corrected chi connectivity index (χ0v) is 11.6. The van der Waals surface area contributed by atoms with Crippen LogP contribution in [0.3, 0.4) is 0 Å². The van der Waals surface area contributed by atoms with Gasteiger partial charge in [-0.15, -0.1) is 0 Å². The predicted molar refractivity (Wildman–Crippen MR) is 71.8 cm³/mol. The molecule has 0 radical (unpaired) electrons. The minimum Gasteiger partial charge on any atom is -0.480 e. The fourth-order valence-electron chi connectivity index (χ4n) is 3.62. The normalized spacial score (nSPS) is 29.3. The second-order valence-electron chi connectivity index (χ2n) is 5.84. The molecule has 2 rings (SSSR count). The third kappa shape index (κ3) is 3.69. The summed E-state index contributed by atoms with van der Waals surface area (Å²) >= 11 is 0. The number of piperidine rings is 1. The molecule has 0 bridgehead atoms. The fourth-order valence-corrected chi connectivity index (χ4v) is 3.62. The van der Waals surface area contributed by atoms with Crippen molar-refractivity contribution in [3.63, 3.8) is 0 Å². The van der Waals surface area contributed by atoms with E-state index in [0.717, 1.165) is 18.9 Å². The van der Waals surface area contributed by atoms with Crippen molar-refractivity contribution < 1.29 is 14.7 Å². The maximum atomic E-state index is 11.2. The molecule has 5 nitrogen and oxygen atoms in total. The van der Waals surface area contributed by atoms with Crippen LogP contribution in [0.25, 0.3) is 0 Å². The highest BCUT2D eigenvalue weighted by Gasteiger charge is 2.35. The lowest BCUT2D eigenvalue weighted by Gasteiger charge is -2.44. The molecular weight excluding hydrogens is 244 g/mol. The van der Waals surface area contributed by atoms with Crippen molar-refractivity contribution >= 4 is 11.9 Å². The van der Waals surface area contributed by atoms with Crippen LogP contribution < -0.4 is 5.32 Å². The van der Waals surface area contributed by atoms with Crippen molar-refractivity contribution in [1.82, 2.24) is 10.2 Å². The molecule has 2 N–H and O–H groups in total.